The molecule has 0 bridgehead atoms. The van der Waals surface area contributed by atoms with E-state index in [4.69, 9.17) is 21.1 Å². The Morgan fingerprint density at radius 1 is 1.37 bits per heavy atom. The summed E-state index contributed by atoms with van der Waals surface area (Å²) in [4.78, 5) is 6.58. The molecule has 2 aliphatic heterocycles. The smallest absolute Gasteiger partial charge is 0.191 e. The standard InChI is InChI=1S/C21H32ClFN4O2.HI/c1-24-21(25-9-5-12-29-16-8-13-28-15-16)26-14-19(27-10-2-3-11-27)20-17(22)6-4-7-18(20)23;/h4,6-7,16,19H,2-3,5,8-15H2,1H3,(H2,24,25,26);1H. The Kier molecular flexibility index (Phi) is 11.7. The first-order chi connectivity index (χ1) is 14.2. The van der Waals surface area contributed by atoms with Gasteiger partial charge in [-0.1, -0.05) is 17.7 Å². The Labute approximate surface area is 200 Å². The van der Waals surface area contributed by atoms with Gasteiger partial charge in [-0.15, -0.1) is 24.0 Å². The third-order valence-corrected chi connectivity index (χ3v) is 5.79. The molecule has 1 aromatic carbocycles. The van der Waals surface area contributed by atoms with Crippen molar-refractivity contribution in [3.05, 3.63) is 34.6 Å². The summed E-state index contributed by atoms with van der Waals surface area (Å²) >= 11 is 6.36. The van der Waals surface area contributed by atoms with Crippen molar-refractivity contribution in [1.82, 2.24) is 15.5 Å². The van der Waals surface area contributed by atoms with E-state index in [0.29, 0.717) is 36.3 Å². The number of hydrogen-bond donors (Lipinski definition) is 2. The average Bonchev–Trinajstić information content (AvgIpc) is 3.42. The van der Waals surface area contributed by atoms with Crippen LogP contribution in [0.3, 0.4) is 0 Å². The summed E-state index contributed by atoms with van der Waals surface area (Å²) in [6.07, 6.45) is 4.35. The molecule has 2 heterocycles. The predicted octanol–water partition coefficient (Wildman–Crippen LogP) is 3.59. The molecule has 2 N–H and O–H groups in total. The van der Waals surface area contributed by atoms with Gasteiger partial charge in [-0.3, -0.25) is 9.89 Å². The Bertz CT molecular complexity index is 650. The summed E-state index contributed by atoms with van der Waals surface area (Å²) in [5.41, 5.74) is 0.561. The Balaban J connectivity index is 0.00000320. The number of aliphatic imine (C=N–C) groups is 1. The minimum Gasteiger partial charge on any atom is -0.379 e. The Morgan fingerprint density at radius 2 is 2.17 bits per heavy atom. The highest BCUT2D eigenvalue weighted by molar-refractivity contribution is 14.0. The van der Waals surface area contributed by atoms with Gasteiger partial charge in [-0.2, -0.15) is 0 Å². The highest BCUT2D eigenvalue weighted by Crippen LogP contribution is 2.31. The summed E-state index contributed by atoms with van der Waals surface area (Å²) in [7, 11) is 1.74. The summed E-state index contributed by atoms with van der Waals surface area (Å²) < 4.78 is 25.7. The van der Waals surface area contributed by atoms with Crippen molar-refractivity contribution in [2.24, 2.45) is 4.99 Å². The van der Waals surface area contributed by atoms with Crippen molar-refractivity contribution in [2.75, 3.05) is 53.0 Å². The molecular formula is C21H33ClFIN4O2. The van der Waals surface area contributed by atoms with Crippen LogP contribution in [-0.2, 0) is 9.47 Å². The molecule has 30 heavy (non-hydrogen) atoms. The first kappa shape index (κ1) is 25.6. The first-order valence-electron chi connectivity index (χ1n) is 10.5. The van der Waals surface area contributed by atoms with Gasteiger partial charge >= 0.3 is 0 Å². The fourth-order valence-electron chi connectivity index (χ4n) is 3.88. The lowest BCUT2D eigenvalue weighted by Crippen LogP contribution is -2.43. The van der Waals surface area contributed by atoms with E-state index in [1.165, 1.54) is 6.07 Å². The second kappa shape index (κ2) is 13.7. The van der Waals surface area contributed by atoms with E-state index in [2.05, 4.69) is 20.5 Å². The van der Waals surface area contributed by atoms with E-state index in [1.54, 1.807) is 19.2 Å². The summed E-state index contributed by atoms with van der Waals surface area (Å²) in [5.74, 6) is 0.443. The molecule has 2 unspecified atom stereocenters. The molecule has 6 nitrogen and oxygen atoms in total. The van der Waals surface area contributed by atoms with Gasteiger partial charge in [0.2, 0.25) is 0 Å². The van der Waals surface area contributed by atoms with Crippen molar-refractivity contribution in [3.63, 3.8) is 0 Å². The molecular weight excluding hydrogens is 522 g/mol. The second-order valence-electron chi connectivity index (χ2n) is 7.48. The lowest BCUT2D eigenvalue weighted by molar-refractivity contribution is 0.0420. The highest BCUT2D eigenvalue weighted by Gasteiger charge is 2.27. The van der Waals surface area contributed by atoms with Gasteiger partial charge in [0.05, 0.1) is 18.8 Å². The first-order valence-corrected chi connectivity index (χ1v) is 10.9. The summed E-state index contributed by atoms with van der Waals surface area (Å²) in [6, 6.07) is 4.75. The third kappa shape index (κ3) is 7.47. The van der Waals surface area contributed by atoms with Crippen molar-refractivity contribution < 1.29 is 13.9 Å². The Hall–Kier alpha value is -0.680. The van der Waals surface area contributed by atoms with Crippen molar-refractivity contribution in [1.29, 1.82) is 0 Å². The molecule has 2 fully saturated rings. The van der Waals surface area contributed by atoms with Crippen LogP contribution in [0.25, 0.3) is 0 Å². The van der Waals surface area contributed by atoms with Crippen molar-refractivity contribution >= 4 is 41.5 Å². The molecule has 0 amide bonds. The molecule has 9 heteroatoms. The van der Waals surface area contributed by atoms with Gasteiger partial charge in [0.15, 0.2) is 5.96 Å². The van der Waals surface area contributed by atoms with Gasteiger partial charge < -0.3 is 20.1 Å². The second-order valence-corrected chi connectivity index (χ2v) is 7.89. The van der Waals surface area contributed by atoms with Crippen LogP contribution in [0.2, 0.25) is 5.02 Å². The van der Waals surface area contributed by atoms with E-state index in [-0.39, 0.29) is 41.9 Å². The lowest BCUT2D eigenvalue weighted by Gasteiger charge is -2.29. The van der Waals surface area contributed by atoms with Crippen LogP contribution in [0, 0.1) is 5.82 Å². The number of halogens is 3. The van der Waals surface area contributed by atoms with Crippen LogP contribution < -0.4 is 10.6 Å². The number of likely N-dealkylation sites (tertiary alicyclic amines) is 1. The zero-order valence-corrected chi connectivity index (χ0v) is 20.6. The highest BCUT2D eigenvalue weighted by atomic mass is 127. The number of ether oxygens (including phenoxy) is 2. The maximum absolute atomic E-state index is 14.6. The molecule has 170 valence electrons. The van der Waals surface area contributed by atoms with Crippen LogP contribution in [-0.4, -0.2) is 70.0 Å². The number of rotatable bonds is 9. The molecule has 0 saturated carbocycles. The Morgan fingerprint density at radius 3 is 2.83 bits per heavy atom. The van der Waals surface area contributed by atoms with Crippen molar-refractivity contribution in [3.8, 4) is 0 Å². The van der Waals surface area contributed by atoms with Gasteiger partial charge in [-0.25, -0.2) is 4.39 Å². The van der Waals surface area contributed by atoms with Gasteiger partial charge in [0.1, 0.15) is 5.82 Å². The number of nitrogens with one attached hydrogen (secondary N) is 2. The van der Waals surface area contributed by atoms with Crippen LogP contribution in [0.1, 0.15) is 37.3 Å². The van der Waals surface area contributed by atoms with Crippen molar-refractivity contribution in [2.45, 2.75) is 37.8 Å². The molecule has 2 saturated heterocycles. The molecule has 2 aliphatic rings. The van der Waals surface area contributed by atoms with Crippen LogP contribution in [0.5, 0.6) is 0 Å². The fraction of sp³-hybridized carbons (Fsp3) is 0.667. The molecule has 1 aromatic rings. The largest absolute Gasteiger partial charge is 0.379 e. The van der Waals surface area contributed by atoms with E-state index in [9.17, 15) is 4.39 Å². The monoisotopic (exact) mass is 554 g/mol. The minimum absolute atomic E-state index is 0. The zero-order valence-electron chi connectivity index (χ0n) is 17.5. The summed E-state index contributed by atoms with van der Waals surface area (Å²) in [5, 5.41) is 7.12. The summed E-state index contributed by atoms with van der Waals surface area (Å²) in [6.45, 7) is 5.38. The average molecular weight is 555 g/mol. The van der Waals surface area contributed by atoms with E-state index in [0.717, 1.165) is 51.9 Å². The third-order valence-electron chi connectivity index (χ3n) is 5.46. The minimum atomic E-state index is -0.257. The van der Waals surface area contributed by atoms with Crippen LogP contribution in [0.15, 0.2) is 23.2 Å². The van der Waals surface area contributed by atoms with Gasteiger partial charge in [0, 0.05) is 43.9 Å². The molecule has 0 spiro atoms. The maximum atomic E-state index is 14.6. The molecule has 0 aromatic heterocycles. The fourth-order valence-corrected chi connectivity index (χ4v) is 4.17. The normalized spacial score (nSPS) is 20.8. The lowest BCUT2D eigenvalue weighted by atomic mass is 10.0. The topological polar surface area (TPSA) is 58.1 Å². The molecule has 2 atom stereocenters. The number of guanidine groups is 1. The number of benzene rings is 1. The predicted molar refractivity (Wildman–Crippen MR) is 130 cm³/mol. The number of nitrogens with zero attached hydrogens (tertiary/aromatic N) is 2. The molecule has 0 radical (unpaired) electrons. The quantitative estimate of drug-likeness (QED) is 0.212. The van der Waals surface area contributed by atoms with Crippen LogP contribution in [0.4, 0.5) is 4.39 Å². The zero-order chi connectivity index (χ0) is 20.5. The SMILES string of the molecule is CN=C(NCCCOC1CCOC1)NCC(c1c(F)cccc1Cl)N1CCCC1.I. The van der Waals surface area contributed by atoms with Gasteiger partial charge in [-0.05, 0) is 50.9 Å². The van der Waals surface area contributed by atoms with E-state index < -0.39 is 0 Å². The maximum Gasteiger partial charge on any atom is 0.191 e. The number of hydrogen-bond acceptors (Lipinski definition) is 4. The van der Waals surface area contributed by atoms with Gasteiger partial charge in [0.25, 0.3) is 0 Å². The molecule has 3 rings (SSSR count). The van der Waals surface area contributed by atoms with E-state index >= 15 is 0 Å². The van der Waals surface area contributed by atoms with E-state index in [1.807, 2.05) is 0 Å². The molecule has 0 aliphatic carbocycles. The van der Waals surface area contributed by atoms with Crippen LogP contribution >= 0.6 is 35.6 Å².